The molecular weight excluding hydrogens is 408 g/mol. The maximum Gasteiger partial charge on any atom is 0.338 e. The molecule has 3 nitrogen and oxygen atoms in total. The van der Waals surface area contributed by atoms with Crippen molar-refractivity contribution in [2.75, 3.05) is 6.61 Å². The zero-order valence-electron chi connectivity index (χ0n) is 20.3. The van der Waals surface area contributed by atoms with E-state index in [1.165, 1.54) is 44.9 Å². The Bertz CT molecular complexity index is 821. The predicted octanol–water partition coefficient (Wildman–Crippen LogP) is 8.26. The van der Waals surface area contributed by atoms with E-state index in [2.05, 4.69) is 19.1 Å². The second-order valence-corrected chi connectivity index (χ2v) is 7.73. The molecule has 1 aromatic carbocycles. The Hall–Kier alpha value is -3.07. The van der Waals surface area contributed by atoms with Crippen LogP contribution in [0, 0.1) is 0 Å². The third-order valence-corrected chi connectivity index (χ3v) is 4.94. The lowest BCUT2D eigenvalue weighted by molar-refractivity contribution is -0.136. The molecular formula is C30H40O3. The first-order chi connectivity index (χ1) is 16.2. The number of allylic oxidation sites excluding steroid dienone is 11. The normalized spacial score (nSPS) is 12.8. The fourth-order valence-corrected chi connectivity index (χ4v) is 3.13. The molecule has 0 saturated carbocycles. The minimum atomic E-state index is -0.387. The minimum absolute atomic E-state index is 0.157. The fraction of sp³-hybridized carbons (Fsp3) is 0.367. The van der Waals surface area contributed by atoms with Crippen molar-refractivity contribution in [2.24, 2.45) is 0 Å². The molecule has 0 amide bonds. The zero-order chi connectivity index (χ0) is 24.0. The van der Waals surface area contributed by atoms with E-state index in [0.29, 0.717) is 17.7 Å². The second-order valence-electron chi connectivity index (χ2n) is 7.73. The van der Waals surface area contributed by atoms with Crippen molar-refractivity contribution in [1.82, 2.24) is 0 Å². The van der Waals surface area contributed by atoms with Gasteiger partial charge in [0.1, 0.15) is 5.75 Å². The van der Waals surface area contributed by atoms with Crippen LogP contribution in [0.1, 0.15) is 70.8 Å². The summed E-state index contributed by atoms with van der Waals surface area (Å²) in [6.07, 6.45) is 32.1. The zero-order valence-corrected chi connectivity index (χ0v) is 20.3. The maximum atomic E-state index is 12.2. The van der Waals surface area contributed by atoms with Crippen molar-refractivity contribution < 1.29 is 14.6 Å². The van der Waals surface area contributed by atoms with Gasteiger partial charge in [-0.25, -0.2) is 4.79 Å². The molecule has 33 heavy (non-hydrogen) atoms. The number of rotatable bonds is 16. The Morgan fingerprint density at radius 2 is 1.30 bits per heavy atom. The standard InChI is InChI=1S/C30H40O3/c1-3-5-6-7-8-9-10-11-12-13-14-15-16-17-18-19-20-21-22-29(30(32)33-4-2)27-23-25-28(31)26-24-27/h12-26,31H,3-11H2,1-2H3. The number of unbranched alkanes of at least 4 members (excludes halogenated alkanes) is 7. The van der Waals surface area contributed by atoms with Crippen molar-refractivity contribution in [1.29, 1.82) is 0 Å². The number of ether oxygens (including phenoxy) is 1. The van der Waals surface area contributed by atoms with Gasteiger partial charge >= 0.3 is 5.97 Å². The van der Waals surface area contributed by atoms with Gasteiger partial charge in [0.25, 0.3) is 0 Å². The molecule has 0 aromatic heterocycles. The molecule has 178 valence electrons. The number of hydrogen-bond acceptors (Lipinski definition) is 3. The summed E-state index contributed by atoms with van der Waals surface area (Å²) in [6.45, 7) is 4.34. The van der Waals surface area contributed by atoms with Gasteiger partial charge in [0, 0.05) is 0 Å². The van der Waals surface area contributed by atoms with Gasteiger partial charge in [-0.05, 0) is 43.5 Å². The van der Waals surface area contributed by atoms with E-state index >= 15 is 0 Å². The first-order valence-electron chi connectivity index (χ1n) is 12.2. The summed E-state index contributed by atoms with van der Waals surface area (Å²) in [5.41, 5.74) is 1.15. The van der Waals surface area contributed by atoms with Crippen molar-refractivity contribution >= 4 is 11.5 Å². The van der Waals surface area contributed by atoms with E-state index in [1.54, 1.807) is 43.3 Å². The molecule has 0 radical (unpaired) electrons. The molecule has 0 aliphatic carbocycles. The fourth-order valence-electron chi connectivity index (χ4n) is 3.13. The average molecular weight is 449 g/mol. The number of phenols is 1. The van der Waals surface area contributed by atoms with E-state index in [9.17, 15) is 9.90 Å². The molecule has 0 aliphatic heterocycles. The predicted molar refractivity (Wildman–Crippen MR) is 141 cm³/mol. The number of benzene rings is 1. The average Bonchev–Trinajstić information content (AvgIpc) is 2.81. The highest BCUT2D eigenvalue weighted by atomic mass is 16.5. The summed E-state index contributed by atoms with van der Waals surface area (Å²) in [6, 6.07) is 6.49. The van der Waals surface area contributed by atoms with Gasteiger partial charge in [-0.1, -0.05) is 118 Å². The van der Waals surface area contributed by atoms with Gasteiger partial charge in [0.2, 0.25) is 0 Å². The van der Waals surface area contributed by atoms with Gasteiger partial charge < -0.3 is 9.84 Å². The third-order valence-electron chi connectivity index (χ3n) is 4.94. The highest BCUT2D eigenvalue weighted by Crippen LogP contribution is 2.19. The number of aromatic hydroxyl groups is 1. The number of hydrogen-bond donors (Lipinski definition) is 1. The summed E-state index contributed by atoms with van der Waals surface area (Å²) in [5, 5.41) is 9.45. The highest BCUT2D eigenvalue weighted by Gasteiger charge is 2.12. The van der Waals surface area contributed by atoms with Crippen LogP contribution in [-0.4, -0.2) is 17.7 Å². The number of phenolic OH excluding ortho intramolecular Hbond substituents is 1. The van der Waals surface area contributed by atoms with Crippen LogP contribution < -0.4 is 0 Å². The molecule has 0 aliphatic rings. The van der Waals surface area contributed by atoms with E-state index in [-0.39, 0.29) is 11.7 Å². The Labute approximate surface area is 200 Å². The molecule has 0 saturated heterocycles. The van der Waals surface area contributed by atoms with Crippen LogP contribution in [0.5, 0.6) is 5.75 Å². The number of carbonyl (C=O) groups is 1. The summed E-state index contributed by atoms with van der Waals surface area (Å²) in [4.78, 5) is 12.2. The Morgan fingerprint density at radius 3 is 1.91 bits per heavy atom. The van der Waals surface area contributed by atoms with Gasteiger partial charge in [-0.2, -0.15) is 0 Å². The monoisotopic (exact) mass is 448 g/mol. The summed E-state index contributed by atoms with van der Waals surface area (Å²) in [5.74, 6) is -0.230. The SMILES string of the molecule is CCCCCCCCCC=CC=CC=CC=CC=CC=C(C(=O)OCC)c1ccc(O)cc1. The third kappa shape index (κ3) is 14.6. The van der Waals surface area contributed by atoms with Crippen molar-refractivity contribution in [3.63, 3.8) is 0 Å². The van der Waals surface area contributed by atoms with Crippen LogP contribution in [-0.2, 0) is 9.53 Å². The summed E-state index contributed by atoms with van der Waals surface area (Å²) in [7, 11) is 0. The first-order valence-corrected chi connectivity index (χ1v) is 12.2. The van der Waals surface area contributed by atoms with E-state index in [1.807, 2.05) is 42.5 Å². The molecule has 0 unspecified atom stereocenters. The van der Waals surface area contributed by atoms with E-state index in [0.717, 1.165) is 6.42 Å². The van der Waals surface area contributed by atoms with Crippen LogP contribution in [0.15, 0.2) is 91.1 Å². The largest absolute Gasteiger partial charge is 0.508 e. The molecule has 1 aromatic rings. The van der Waals surface area contributed by atoms with Crippen LogP contribution >= 0.6 is 0 Å². The van der Waals surface area contributed by atoms with Crippen LogP contribution in [0.2, 0.25) is 0 Å². The quantitative estimate of drug-likeness (QED) is 0.120. The minimum Gasteiger partial charge on any atom is -0.508 e. The lowest BCUT2D eigenvalue weighted by Crippen LogP contribution is -2.06. The molecule has 0 atom stereocenters. The number of carbonyl (C=O) groups excluding carboxylic acids is 1. The van der Waals surface area contributed by atoms with Gasteiger partial charge in [-0.3, -0.25) is 0 Å². The van der Waals surface area contributed by atoms with Gasteiger partial charge in [0.15, 0.2) is 0 Å². The van der Waals surface area contributed by atoms with Crippen LogP contribution in [0.4, 0.5) is 0 Å². The first kappa shape index (κ1) is 28.0. The molecule has 0 heterocycles. The Morgan fingerprint density at radius 1 is 0.758 bits per heavy atom. The molecule has 0 spiro atoms. The summed E-state index contributed by atoms with van der Waals surface area (Å²) >= 11 is 0. The van der Waals surface area contributed by atoms with E-state index < -0.39 is 0 Å². The topological polar surface area (TPSA) is 46.5 Å². The maximum absolute atomic E-state index is 12.2. The van der Waals surface area contributed by atoms with Crippen molar-refractivity contribution in [3.05, 3.63) is 96.7 Å². The Kier molecular flexibility index (Phi) is 16.6. The van der Waals surface area contributed by atoms with Gasteiger partial charge in [0.05, 0.1) is 12.2 Å². The highest BCUT2D eigenvalue weighted by molar-refractivity contribution is 6.16. The van der Waals surface area contributed by atoms with Crippen molar-refractivity contribution in [2.45, 2.75) is 65.2 Å². The number of esters is 1. The van der Waals surface area contributed by atoms with Crippen LogP contribution in [0.25, 0.3) is 5.57 Å². The molecule has 0 fully saturated rings. The van der Waals surface area contributed by atoms with Gasteiger partial charge in [-0.15, -0.1) is 0 Å². The molecule has 3 heteroatoms. The molecule has 0 bridgehead atoms. The van der Waals surface area contributed by atoms with Crippen molar-refractivity contribution in [3.8, 4) is 5.75 Å². The Balaban J connectivity index is 2.37. The summed E-state index contributed by atoms with van der Waals surface area (Å²) < 4.78 is 5.13. The van der Waals surface area contributed by atoms with E-state index in [4.69, 9.17) is 4.74 Å². The molecule has 1 rings (SSSR count). The van der Waals surface area contributed by atoms with Crippen LogP contribution in [0.3, 0.4) is 0 Å². The molecule has 1 N–H and O–H groups in total. The lowest BCUT2D eigenvalue weighted by Gasteiger charge is -2.06. The smallest absolute Gasteiger partial charge is 0.338 e. The second kappa shape index (κ2) is 19.6. The lowest BCUT2D eigenvalue weighted by atomic mass is 10.1.